The van der Waals surface area contributed by atoms with Gasteiger partial charge in [0.05, 0.1) is 0 Å². The number of carbonyl (C=O) groups excluding carboxylic acids is 1. The van der Waals surface area contributed by atoms with Gasteiger partial charge in [0.1, 0.15) is 0 Å². The number of carbonyl (C=O) groups is 1. The van der Waals surface area contributed by atoms with Crippen LogP contribution in [0.2, 0.25) is 0 Å². The van der Waals surface area contributed by atoms with Gasteiger partial charge >= 0.3 is 0 Å². The first-order valence-corrected chi connectivity index (χ1v) is 10.0. The highest BCUT2D eigenvalue weighted by atomic mass is 32.1. The monoisotopic (exact) mass is 359 g/mol. The van der Waals surface area contributed by atoms with Crippen LogP contribution in [-0.4, -0.2) is 5.78 Å². The molecule has 0 bridgehead atoms. The van der Waals surface area contributed by atoms with E-state index in [0.29, 0.717) is 12.2 Å². The van der Waals surface area contributed by atoms with Crippen molar-refractivity contribution >= 4 is 33.6 Å². The summed E-state index contributed by atoms with van der Waals surface area (Å²) in [6.07, 6.45) is 1.54. The highest BCUT2D eigenvalue weighted by Gasteiger charge is 2.41. The maximum Gasteiger partial charge on any atom is 0.162 e. The van der Waals surface area contributed by atoms with E-state index >= 15 is 0 Å². The van der Waals surface area contributed by atoms with Gasteiger partial charge in [-0.3, -0.25) is 4.79 Å². The number of benzene rings is 2. The summed E-state index contributed by atoms with van der Waals surface area (Å²) in [6.45, 7) is 4.37. The van der Waals surface area contributed by atoms with E-state index in [1.807, 2.05) is 0 Å². The third-order valence-electron chi connectivity index (χ3n) is 5.63. The predicted molar refractivity (Wildman–Crippen MR) is 109 cm³/mol. The van der Waals surface area contributed by atoms with E-state index < -0.39 is 0 Å². The molecule has 2 aromatic carbocycles. The van der Waals surface area contributed by atoms with Gasteiger partial charge < -0.3 is 5.32 Å². The Hall–Kier alpha value is -2.39. The molecule has 1 aliphatic heterocycles. The number of fused-ring (bicyclic) bond motifs is 3. The Kier molecular flexibility index (Phi) is 3.38. The average molecular weight is 359 g/mol. The highest BCUT2D eigenvalue weighted by molar-refractivity contribution is 7.08. The Bertz CT molecular complexity index is 1060. The molecular weight excluding hydrogens is 338 g/mol. The van der Waals surface area contributed by atoms with Crippen molar-refractivity contribution in [2.24, 2.45) is 5.41 Å². The molecule has 0 spiro atoms. The zero-order valence-corrected chi connectivity index (χ0v) is 15.8. The molecular formula is C23H21NOS. The van der Waals surface area contributed by atoms with Crippen molar-refractivity contribution in [3.05, 3.63) is 75.6 Å². The van der Waals surface area contributed by atoms with Gasteiger partial charge in [0.2, 0.25) is 0 Å². The van der Waals surface area contributed by atoms with Gasteiger partial charge in [0.15, 0.2) is 5.78 Å². The van der Waals surface area contributed by atoms with Crippen molar-refractivity contribution in [1.82, 2.24) is 0 Å². The second-order valence-electron chi connectivity index (χ2n) is 8.20. The van der Waals surface area contributed by atoms with Crippen LogP contribution >= 0.6 is 11.3 Å². The maximum atomic E-state index is 13.2. The number of Topliss-reactive ketones (excluding diaryl/α,β-unsaturated/α-hetero) is 1. The zero-order chi connectivity index (χ0) is 17.9. The van der Waals surface area contributed by atoms with Gasteiger partial charge in [0, 0.05) is 29.3 Å². The van der Waals surface area contributed by atoms with Crippen molar-refractivity contribution in [2.45, 2.75) is 32.6 Å². The molecule has 0 saturated carbocycles. The lowest BCUT2D eigenvalue weighted by atomic mass is 9.68. The summed E-state index contributed by atoms with van der Waals surface area (Å²) in [4.78, 5) is 13.2. The number of hydrogen-bond acceptors (Lipinski definition) is 3. The van der Waals surface area contributed by atoms with Gasteiger partial charge in [-0.2, -0.15) is 11.3 Å². The first-order valence-electron chi connectivity index (χ1n) is 9.10. The van der Waals surface area contributed by atoms with Gasteiger partial charge in [-0.25, -0.2) is 0 Å². The molecule has 0 saturated heterocycles. The molecule has 1 unspecified atom stereocenters. The average Bonchev–Trinajstić information content (AvgIpc) is 3.13. The van der Waals surface area contributed by atoms with Crippen molar-refractivity contribution in [1.29, 1.82) is 0 Å². The summed E-state index contributed by atoms with van der Waals surface area (Å²) in [7, 11) is 0. The number of rotatable bonds is 1. The van der Waals surface area contributed by atoms with Crippen LogP contribution in [0.4, 0.5) is 5.69 Å². The molecule has 2 aliphatic rings. The summed E-state index contributed by atoms with van der Waals surface area (Å²) >= 11 is 1.70. The van der Waals surface area contributed by atoms with Crippen LogP contribution in [0.1, 0.15) is 43.7 Å². The molecule has 130 valence electrons. The zero-order valence-electron chi connectivity index (χ0n) is 15.0. The molecule has 2 nitrogen and oxygen atoms in total. The number of hydrogen-bond donors (Lipinski definition) is 1. The molecule has 0 radical (unpaired) electrons. The third kappa shape index (κ3) is 2.34. The van der Waals surface area contributed by atoms with Crippen LogP contribution < -0.4 is 5.32 Å². The van der Waals surface area contributed by atoms with Crippen molar-refractivity contribution in [3.63, 3.8) is 0 Å². The Morgan fingerprint density at radius 2 is 1.92 bits per heavy atom. The number of anilines is 1. The first-order chi connectivity index (χ1) is 12.5. The van der Waals surface area contributed by atoms with Crippen LogP contribution in [0.15, 0.2) is 64.5 Å². The first kappa shape index (κ1) is 15.8. The lowest BCUT2D eigenvalue weighted by molar-refractivity contribution is -0.118. The van der Waals surface area contributed by atoms with Crippen LogP contribution in [0.5, 0.6) is 0 Å². The van der Waals surface area contributed by atoms with Crippen molar-refractivity contribution in [3.8, 4) is 0 Å². The molecule has 3 heteroatoms. The van der Waals surface area contributed by atoms with Crippen LogP contribution in [0.25, 0.3) is 10.8 Å². The summed E-state index contributed by atoms with van der Waals surface area (Å²) in [5, 5.41) is 10.4. The van der Waals surface area contributed by atoms with Crippen LogP contribution in [0, 0.1) is 5.41 Å². The fourth-order valence-corrected chi connectivity index (χ4v) is 5.26. The lowest BCUT2D eigenvalue weighted by Gasteiger charge is -2.39. The number of allylic oxidation sites excluding steroid dienone is 2. The Morgan fingerprint density at radius 3 is 2.73 bits per heavy atom. The van der Waals surface area contributed by atoms with Crippen LogP contribution in [0.3, 0.4) is 0 Å². The minimum absolute atomic E-state index is 0.0104. The molecule has 2 heterocycles. The molecule has 0 amide bonds. The highest BCUT2D eigenvalue weighted by Crippen LogP contribution is 2.51. The van der Waals surface area contributed by atoms with Gasteiger partial charge in [-0.15, -0.1) is 0 Å². The van der Waals surface area contributed by atoms with Crippen molar-refractivity contribution < 1.29 is 4.79 Å². The van der Waals surface area contributed by atoms with E-state index in [1.165, 1.54) is 21.9 Å². The predicted octanol–water partition coefficient (Wildman–Crippen LogP) is 6.10. The summed E-state index contributed by atoms with van der Waals surface area (Å²) in [6, 6.07) is 15.0. The van der Waals surface area contributed by atoms with Crippen molar-refractivity contribution in [2.75, 3.05) is 5.32 Å². The van der Waals surface area contributed by atoms with Crippen LogP contribution in [-0.2, 0) is 4.79 Å². The fraction of sp³-hybridized carbons (Fsp3) is 0.261. The fourth-order valence-electron chi connectivity index (χ4n) is 4.58. The van der Waals surface area contributed by atoms with E-state index in [0.717, 1.165) is 23.4 Å². The van der Waals surface area contributed by atoms with E-state index in [1.54, 1.807) is 11.3 Å². The molecule has 3 aromatic rings. The van der Waals surface area contributed by atoms with E-state index in [4.69, 9.17) is 0 Å². The Labute approximate surface area is 157 Å². The summed E-state index contributed by atoms with van der Waals surface area (Å²) in [5.41, 5.74) is 5.72. The largest absolute Gasteiger partial charge is 0.358 e. The molecule has 1 aromatic heterocycles. The SMILES string of the molecule is CC1(C)CC(=O)C2=C(C1)Nc1ccc3ccccc3c1C2c1ccsc1. The van der Waals surface area contributed by atoms with Gasteiger partial charge in [0.25, 0.3) is 0 Å². The summed E-state index contributed by atoms with van der Waals surface area (Å²) < 4.78 is 0. The number of nitrogens with one attached hydrogen (secondary N) is 1. The molecule has 1 aliphatic carbocycles. The standard InChI is InChI=1S/C23H21NOS/c1-23(2)11-18-22(19(25)12-23)20(15-9-10-26-13-15)21-16-6-4-3-5-14(16)7-8-17(21)24-18/h3-10,13,20,24H,11-12H2,1-2H3. The molecule has 1 atom stereocenters. The third-order valence-corrected chi connectivity index (χ3v) is 6.33. The Balaban J connectivity index is 1.82. The number of ketones is 1. The van der Waals surface area contributed by atoms with Gasteiger partial charge in [-0.05, 0) is 56.6 Å². The second kappa shape index (κ2) is 5.55. The second-order valence-corrected chi connectivity index (χ2v) is 8.98. The van der Waals surface area contributed by atoms with Gasteiger partial charge in [-0.1, -0.05) is 44.2 Å². The normalized spacial score (nSPS) is 21.3. The Morgan fingerprint density at radius 1 is 1.08 bits per heavy atom. The topological polar surface area (TPSA) is 29.1 Å². The maximum absolute atomic E-state index is 13.2. The molecule has 5 rings (SSSR count). The molecule has 26 heavy (non-hydrogen) atoms. The minimum atomic E-state index is 0.0104. The lowest BCUT2D eigenvalue weighted by Crippen LogP contribution is -2.33. The van der Waals surface area contributed by atoms with E-state index in [2.05, 4.69) is 72.4 Å². The quantitative estimate of drug-likeness (QED) is 0.568. The smallest absolute Gasteiger partial charge is 0.162 e. The summed E-state index contributed by atoms with van der Waals surface area (Å²) in [5.74, 6) is 0.320. The molecule has 0 fully saturated rings. The van der Waals surface area contributed by atoms with E-state index in [-0.39, 0.29) is 11.3 Å². The molecule has 1 N–H and O–H groups in total. The number of thiophene rings is 1. The van der Waals surface area contributed by atoms with E-state index in [9.17, 15) is 4.79 Å². The minimum Gasteiger partial charge on any atom is -0.358 e.